The van der Waals surface area contributed by atoms with Crippen molar-refractivity contribution in [1.82, 2.24) is 14.9 Å². The van der Waals surface area contributed by atoms with Crippen LogP contribution in [0.2, 0.25) is 0 Å². The van der Waals surface area contributed by atoms with Crippen molar-refractivity contribution in [3.05, 3.63) is 18.5 Å². The van der Waals surface area contributed by atoms with Gasteiger partial charge in [-0.15, -0.1) is 0 Å². The fourth-order valence-corrected chi connectivity index (χ4v) is 2.69. The van der Waals surface area contributed by atoms with Gasteiger partial charge in [-0.3, -0.25) is 4.90 Å². The van der Waals surface area contributed by atoms with Crippen LogP contribution in [-0.4, -0.2) is 53.1 Å². The van der Waals surface area contributed by atoms with Crippen LogP contribution in [0.5, 0.6) is 0 Å². The van der Waals surface area contributed by atoms with Crippen LogP contribution in [0.1, 0.15) is 20.3 Å². The van der Waals surface area contributed by atoms with Crippen molar-refractivity contribution in [2.24, 2.45) is 5.73 Å². The zero-order chi connectivity index (χ0) is 13.0. The van der Waals surface area contributed by atoms with E-state index in [2.05, 4.69) is 33.6 Å². The Hall–Kier alpha value is -1.20. The van der Waals surface area contributed by atoms with E-state index in [0.29, 0.717) is 12.1 Å². The molecule has 2 N–H and O–H groups in total. The minimum Gasteiger partial charge on any atom is -0.338 e. The van der Waals surface area contributed by atoms with Gasteiger partial charge >= 0.3 is 0 Å². The molecule has 18 heavy (non-hydrogen) atoms. The third kappa shape index (κ3) is 2.97. The molecule has 2 unspecified atom stereocenters. The number of nitrogens with zero attached hydrogens (tertiary/aromatic N) is 4. The fourth-order valence-electron chi connectivity index (χ4n) is 2.69. The largest absolute Gasteiger partial charge is 0.338 e. The number of rotatable bonds is 4. The van der Waals surface area contributed by atoms with Crippen molar-refractivity contribution in [3.8, 4) is 0 Å². The van der Waals surface area contributed by atoms with Gasteiger partial charge in [0.05, 0.1) is 0 Å². The number of hydrogen-bond acceptors (Lipinski definition) is 5. The topological polar surface area (TPSA) is 58.3 Å². The molecule has 0 bridgehead atoms. The molecule has 0 aromatic carbocycles. The van der Waals surface area contributed by atoms with Crippen LogP contribution in [0, 0.1) is 0 Å². The van der Waals surface area contributed by atoms with Crippen molar-refractivity contribution >= 4 is 5.95 Å². The molecule has 0 spiro atoms. The Balaban J connectivity index is 2.00. The molecular formula is C13H23N5. The smallest absolute Gasteiger partial charge is 0.225 e. The van der Waals surface area contributed by atoms with Crippen molar-refractivity contribution < 1.29 is 0 Å². The molecule has 0 saturated carbocycles. The molecule has 2 heterocycles. The van der Waals surface area contributed by atoms with E-state index in [1.807, 2.05) is 6.07 Å². The van der Waals surface area contributed by atoms with Crippen LogP contribution in [0.4, 0.5) is 5.95 Å². The average Bonchev–Trinajstić information content (AvgIpc) is 2.39. The first kappa shape index (κ1) is 13.2. The Kier molecular flexibility index (Phi) is 4.49. The van der Waals surface area contributed by atoms with Crippen LogP contribution < -0.4 is 10.6 Å². The summed E-state index contributed by atoms with van der Waals surface area (Å²) in [4.78, 5) is 13.5. The zero-order valence-electron chi connectivity index (χ0n) is 11.3. The second kappa shape index (κ2) is 6.11. The van der Waals surface area contributed by atoms with E-state index in [1.54, 1.807) is 12.4 Å². The van der Waals surface area contributed by atoms with E-state index in [9.17, 15) is 0 Å². The van der Waals surface area contributed by atoms with Gasteiger partial charge in [-0.25, -0.2) is 9.97 Å². The SMILES string of the molecule is CC1CN(c2ncccn2)CC(C)N1CCCN. The molecule has 2 atom stereocenters. The number of aromatic nitrogens is 2. The van der Waals surface area contributed by atoms with Gasteiger partial charge in [0.25, 0.3) is 0 Å². The summed E-state index contributed by atoms with van der Waals surface area (Å²) in [7, 11) is 0. The standard InChI is InChI=1S/C13H23N5/c1-11-9-17(13-15-6-4-7-16-13)10-12(2)18(11)8-3-5-14/h4,6-7,11-12H,3,5,8-10,14H2,1-2H3. The number of anilines is 1. The Labute approximate surface area is 109 Å². The Morgan fingerprint density at radius 1 is 1.22 bits per heavy atom. The lowest BCUT2D eigenvalue weighted by molar-refractivity contribution is 0.130. The Bertz CT molecular complexity index is 344. The molecule has 1 aliphatic rings. The molecule has 1 aromatic heterocycles. The summed E-state index contributed by atoms with van der Waals surface area (Å²) < 4.78 is 0. The van der Waals surface area contributed by atoms with Gasteiger partial charge in [0, 0.05) is 44.1 Å². The van der Waals surface area contributed by atoms with E-state index in [1.165, 1.54) is 0 Å². The minimum absolute atomic E-state index is 0.518. The first-order valence-corrected chi connectivity index (χ1v) is 6.70. The molecule has 1 fully saturated rings. The van der Waals surface area contributed by atoms with Crippen LogP contribution in [0.3, 0.4) is 0 Å². The van der Waals surface area contributed by atoms with Crippen molar-refractivity contribution in [3.63, 3.8) is 0 Å². The lowest BCUT2D eigenvalue weighted by atomic mass is 10.1. The normalized spacial score (nSPS) is 25.4. The van der Waals surface area contributed by atoms with Gasteiger partial charge in [0.2, 0.25) is 5.95 Å². The molecule has 100 valence electrons. The van der Waals surface area contributed by atoms with Gasteiger partial charge in [0.1, 0.15) is 0 Å². The maximum atomic E-state index is 5.60. The molecule has 1 aliphatic heterocycles. The summed E-state index contributed by atoms with van der Waals surface area (Å²) in [6.07, 6.45) is 4.67. The molecule has 0 aliphatic carbocycles. The number of piperazine rings is 1. The van der Waals surface area contributed by atoms with Gasteiger partial charge in [-0.2, -0.15) is 0 Å². The highest BCUT2D eigenvalue weighted by Crippen LogP contribution is 2.19. The van der Waals surface area contributed by atoms with Crippen LogP contribution in [0.15, 0.2) is 18.5 Å². The molecular weight excluding hydrogens is 226 g/mol. The lowest BCUT2D eigenvalue weighted by Gasteiger charge is -2.44. The van der Waals surface area contributed by atoms with Crippen LogP contribution >= 0.6 is 0 Å². The van der Waals surface area contributed by atoms with E-state index in [0.717, 1.165) is 38.5 Å². The highest BCUT2D eigenvalue weighted by Gasteiger charge is 2.29. The fraction of sp³-hybridized carbons (Fsp3) is 0.692. The third-order valence-corrected chi connectivity index (χ3v) is 3.56. The van der Waals surface area contributed by atoms with Crippen LogP contribution in [0.25, 0.3) is 0 Å². The highest BCUT2D eigenvalue weighted by molar-refractivity contribution is 5.30. The Morgan fingerprint density at radius 2 is 1.83 bits per heavy atom. The zero-order valence-corrected chi connectivity index (χ0v) is 11.3. The predicted octanol–water partition coefficient (Wildman–Crippen LogP) is 0.724. The Morgan fingerprint density at radius 3 is 2.39 bits per heavy atom. The third-order valence-electron chi connectivity index (χ3n) is 3.56. The first-order chi connectivity index (χ1) is 8.72. The molecule has 2 rings (SSSR count). The van der Waals surface area contributed by atoms with Gasteiger partial charge in [-0.05, 0) is 32.9 Å². The minimum atomic E-state index is 0.518. The molecule has 0 radical (unpaired) electrons. The van der Waals surface area contributed by atoms with Crippen LogP contribution in [-0.2, 0) is 0 Å². The quantitative estimate of drug-likeness (QED) is 0.852. The molecule has 1 aromatic rings. The van der Waals surface area contributed by atoms with E-state index < -0.39 is 0 Å². The maximum Gasteiger partial charge on any atom is 0.225 e. The van der Waals surface area contributed by atoms with E-state index >= 15 is 0 Å². The van der Waals surface area contributed by atoms with E-state index in [4.69, 9.17) is 5.73 Å². The average molecular weight is 249 g/mol. The summed E-state index contributed by atoms with van der Waals surface area (Å²) in [5.41, 5.74) is 5.60. The van der Waals surface area contributed by atoms with Crippen molar-refractivity contribution in [1.29, 1.82) is 0 Å². The predicted molar refractivity (Wildman–Crippen MR) is 73.5 cm³/mol. The second-order valence-corrected chi connectivity index (χ2v) is 5.03. The summed E-state index contributed by atoms with van der Waals surface area (Å²) in [6, 6.07) is 2.89. The van der Waals surface area contributed by atoms with Gasteiger partial charge < -0.3 is 10.6 Å². The number of hydrogen-bond donors (Lipinski definition) is 1. The summed E-state index contributed by atoms with van der Waals surface area (Å²) in [5.74, 6) is 0.842. The first-order valence-electron chi connectivity index (χ1n) is 6.70. The molecule has 0 amide bonds. The maximum absolute atomic E-state index is 5.60. The lowest BCUT2D eigenvalue weighted by Crippen LogP contribution is -2.57. The monoisotopic (exact) mass is 249 g/mol. The number of nitrogens with two attached hydrogens (primary N) is 1. The highest BCUT2D eigenvalue weighted by atomic mass is 15.3. The van der Waals surface area contributed by atoms with Gasteiger partial charge in [-0.1, -0.05) is 0 Å². The molecule has 1 saturated heterocycles. The summed E-state index contributed by atoms with van der Waals surface area (Å²) >= 11 is 0. The molecule has 5 heteroatoms. The van der Waals surface area contributed by atoms with Crippen molar-refractivity contribution in [2.45, 2.75) is 32.4 Å². The second-order valence-electron chi connectivity index (χ2n) is 5.03. The summed E-state index contributed by atoms with van der Waals surface area (Å²) in [5, 5.41) is 0. The van der Waals surface area contributed by atoms with E-state index in [-0.39, 0.29) is 0 Å². The van der Waals surface area contributed by atoms with Gasteiger partial charge in [0.15, 0.2) is 0 Å². The van der Waals surface area contributed by atoms with Crippen molar-refractivity contribution in [2.75, 3.05) is 31.1 Å². The molecule has 5 nitrogen and oxygen atoms in total. The summed E-state index contributed by atoms with van der Waals surface area (Å²) in [6.45, 7) is 8.35.